The number of amides is 1. The number of hydrogen-bond donors (Lipinski definition) is 1. The molecule has 1 unspecified atom stereocenters. The van der Waals surface area contributed by atoms with Crippen LogP contribution in [0.1, 0.15) is 26.7 Å². The Hall–Kier alpha value is -0.260. The first-order chi connectivity index (χ1) is 6.74. The van der Waals surface area contributed by atoms with Gasteiger partial charge in [0, 0.05) is 13.0 Å². The second-order valence-corrected chi connectivity index (χ2v) is 4.64. The predicted octanol–water partition coefficient (Wildman–Crippen LogP) is 2.86. The van der Waals surface area contributed by atoms with E-state index in [-0.39, 0.29) is 29.6 Å². The lowest BCUT2D eigenvalue weighted by Gasteiger charge is -2.13. The maximum atomic E-state index is 11.7. The summed E-state index contributed by atoms with van der Waals surface area (Å²) in [5.41, 5.74) is 0. The van der Waals surface area contributed by atoms with Gasteiger partial charge in [-0.3, -0.25) is 4.79 Å². The normalized spacial score (nSPS) is 14.1. The number of carbonyl (C=O) groups is 1. The topological polar surface area (TPSA) is 29.1 Å². The van der Waals surface area contributed by atoms with Crippen molar-refractivity contribution in [3.63, 3.8) is 0 Å². The minimum absolute atomic E-state index is 0.0627. The summed E-state index contributed by atoms with van der Waals surface area (Å²) in [6.45, 7) is 3.77. The van der Waals surface area contributed by atoms with Crippen LogP contribution in [-0.2, 0) is 4.79 Å². The molecule has 1 atom stereocenters. The summed E-state index contributed by atoms with van der Waals surface area (Å²) in [7, 11) is 0. The maximum Gasteiger partial charge on any atom is 0.389 e. The van der Waals surface area contributed by atoms with E-state index in [9.17, 15) is 18.0 Å². The molecular weight excluding hydrogens is 275 g/mol. The predicted molar refractivity (Wildman–Crippen MR) is 55.9 cm³/mol. The minimum Gasteiger partial charge on any atom is -0.355 e. The zero-order valence-corrected chi connectivity index (χ0v) is 10.3. The van der Waals surface area contributed by atoms with Crippen LogP contribution in [-0.4, -0.2) is 23.5 Å². The fourth-order valence-corrected chi connectivity index (χ4v) is 1.06. The molecular formula is C9H15BrF3NO. The number of halogens is 4. The Kier molecular flexibility index (Phi) is 6.24. The van der Waals surface area contributed by atoms with Gasteiger partial charge in [0.25, 0.3) is 0 Å². The van der Waals surface area contributed by atoms with Gasteiger partial charge in [0.05, 0.1) is 4.83 Å². The zero-order valence-electron chi connectivity index (χ0n) is 8.70. The van der Waals surface area contributed by atoms with Gasteiger partial charge in [0.15, 0.2) is 0 Å². The standard InChI is InChI=1S/C9H15BrF3NO/c1-6(2)7(10)8(15)14-5-3-4-9(11,12)13/h6-7H,3-5H2,1-2H3,(H,14,15). The molecule has 6 heteroatoms. The van der Waals surface area contributed by atoms with E-state index >= 15 is 0 Å². The van der Waals surface area contributed by atoms with Crippen molar-refractivity contribution < 1.29 is 18.0 Å². The third-order valence-electron chi connectivity index (χ3n) is 1.77. The quantitative estimate of drug-likeness (QED) is 0.612. The summed E-state index contributed by atoms with van der Waals surface area (Å²) in [6, 6.07) is 0. The Morgan fingerprint density at radius 2 is 1.93 bits per heavy atom. The first kappa shape index (κ1) is 14.7. The van der Waals surface area contributed by atoms with Crippen molar-refractivity contribution in [2.45, 2.75) is 37.7 Å². The molecule has 15 heavy (non-hydrogen) atoms. The molecule has 1 amide bonds. The lowest BCUT2D eigenvalue weighted by Crippen LogP contribution is -2.34. The van der Waals surface area contributed by atoms with Gasteiger partial charge in [-0.25, -0.2) is 0 Å². The molecule has 0 aliphatic rings. The average molecular weight is 290 g/mol. The molecule has 0 heterocycles. The van der Waals surface area contributed by atoms with Crippen molar-refractivity contribution >= 4 is 21.8 Å². The largest absolute Gasteiger partial charge is 0.389 e. The lowest BCUT2D eigenvalue weighted by molar-refractivity contribution is -0.136. The molecule has 0 bridgehead atoms. The fraction of sp³-hybridized carbons (Fsp3) is 0.889. The Morgan fingerprint density at radius 3 is 2.33 bits per heavy atom. The number of rotatable bonds is 5. The Labute approximate surface area is 95.7 Å². The van der Waals surface area contributed by atoms with E-state index < -0.39 is 12.6 Å². The van der Waals surface area contributed by atoms with Gasteiger partial charge in [-0.15, -0.1) is 0 Å². The maximum absolute atomic E-state index is 11.7. The van der Waals surface area contributed by atoms with Gasteiger partial charge in [-0.05, 0) is 12.3 Å². The summed E-state index contributed by atoms with van der Waals surface area (Å²) < 4.78 is 35.2. The van der Waals surface area contributed by atoms with E-state index in [0.29, 0.717) is 0 Å². The Balaban J connectivity index is 3.65. The van der Waals surface area contributed by atoms with Crippen molar-refractivity contribution in [1.82, 2.24) is 5.32 Å². The smallest absolute Gasteiger partial charge is 0.355 e. The molecule has 0 saturated heterocycles. The van der Waals surface area contributed by atoms with Crippen LogP contribution in [0.2, 0.25) is 0 Å². The third-order valence-corrected chi connectivity index (χ3v) is 3.25. The van der Waals surface area contributed by atoms with Gasteiger partial charge in [0.1, 0.15) is 0 Å². The summed E-state index contributed by atoms with van der Waals surface area (Å²) >= 11 is 3.16. The van der Waals surface area contributed by atoms with E-state index in [4.69, 9.17) is 0 Å². The van der Waals surface area contributed by atoms with Crippen molar-refractivity contribution in [3.8, 4) is 0 Å². The monoisotopic (exact) mass is 289 g/mol. The van der Waals surface area contributed by atoms with Crippen molar-refractivity contribution in [2.75, 3.05) is 6.54 Å². The molecule has 0 rings (SSSR count). The number of alkyl halides is 4. The number of hydrogen-bond acceptors (Lipinski definition) is 1. The average Bonchev–Trinajstić information content (AvgIpc) is 2.09. The Morgan fingerprint density at radius 1 is 1.40 bits per heavy atom. The highest BCUT2D eigenvalue weighted by Crippen LogP contribution is 2.20. The van der Waals surface area contributed by atoms with Gasteiger partial charge in [-0.2, -0.15) is 13.2 Å². The second kappa shape index (κ2) is 6.35. The highest BCUT2D eigenvalue weighted by Gasteiger charge is 2.26. The summed E-state index contributed by atoms with van der Waals surface area (Å²) in [5.74, 6) is -0.139. The van der Waals surface area contributed by atoms with Crippen molar-refractivity contribution in [1.29, 1.82) is 0 Å². The molecule has 90 valence electrons. The van der Waals surface area contributed by atoms with E-state index in [1.807, 2.05) is 13.8 Å². The molecule has 0 spiro atoms. The molecule has 2 nitrogen and oxygen atoms in total. The zero-order chi connectivity index (χ0) is 12.1. The molecule has 0 radical (unpaired) electrons. The van der Waals surface area contributed by atoms with Crippen LogP contribution in [0.25, 0.3) is 0 Å². The second-order valence-electron chi connectivity index (χ2n) is 3.66. The fourth-order valence-electron chi connectivity index (χ4n) is 0.901. The van der Waals surface area contributed by atoms with Gasteiger partial charge in [0.2, 0.25) is 5.91 Å². The summed E-state index contributed by atoms with van der Waals surface area (Å²) in [6.07, 6.45) is -5.08. The summed E-state index contributed by atoms with van der Waals surface area (Å²) in [5, 5.41) is 2.45. The number of nitrogens with one attached hydrogen (secondary N) is 1. The first-order valence-corrected chi connectivity index (χ1v) is 5.64. The minimum atomic E-state index is -4.14. The SMILES string of the molecule is CC(C)C(Br)C(=O)NCCCC(F)(F)F. The van der Waals surface area contributed by atoms with Crippen LogP contribution >= 0.6 is 15.9 Å². The molecule has 0 aromatic rings. The Bertz CT molecular complexity index is 206. The van der Waals surface area contributed by atoms with E-state index in [1.165, 1.54) is 0 Å². The van der Waals surface area contributed by atoms with E-state index in [2.05, 4.69) is 21.2 Å². The number of carbonyl (C=O) groups excluding carboxylic acids is 1. The van der Waals surface area contributed by atoms with Crippen LogP contribution in [0.4, 0.5) is 13.2 Å². The highest BCUT2D eigenvalue weighted by molar-refractivity contribution is 9.10. The molecule has 0 saturated carbocycles. The van der Waals surface area contributed by atoms with Gasteiger partial charge < -0.3 is 5.32 Å². The molecule has 1 N–H and O–H groups in total. The van der Waals surface area contributed by atoms with Crippen molar-refractivity contribution in [3.05, 3.63) is 0 Å². The molecule has 0 fully saturated rings. The first-order valence-electron chi connectivity index (χ1n) is 4.72. The van der Waals surface area contributed by atoms with E-state index in [0.717, 1.165) is 0 Å². The third kappa shape index (κ3) is 7.64. The van der Waals surface area contributed by atoms with Gasteiger partial charge >= 0.3 is 6.18 Å². The molecule has 0 aromatic heterocycles. The van der Waals surface area contributed by atoms with Crippen LogP contribution in [0.5, 0.6) is 0 Å². The van der Waals surface area contributed by atoms with Crippen LogP contribution in [0, 0.1) is 5.92 Å². The highest BCUT2D eigenvalue weighted by atomic mass is 79.9. The molecule has 0 aliphatic carbocycles. The molecule has 0 aliphatic heterocycles. The van der Waals surface area contributed by atoms with Crippen LogP contribution < -0.4 is 5.32 Å². The summed E-state index contributed by atoms with van der Waals surface area (Å²) in [4.78, 5) is 10.9. The van der Waals surface area contributed by atoms with Crippen molar-refractivity contribution in [2.24, 2.45) is 5.92 Å². The van der Waals surface area contributed by atoms with Gasteiger partial charge in [-0.1, -0.05) is 29.8 Å². The lowest BCUT2D eigenvalue weighted by atomic mass is 10.1. The molecule has 0 aromatic carbocycles. The van der Waals surface area contributed by atoms with Crippen LogP contribution in [0.15, 0.2) is 0 Å². The van der Waals surface area contributed by atoms with Crippen LogP contribution in [0.3, 0.4) is 0 Å². The van der Waals surface area contributed by atoms with E-state index in [1.54, 1.807) is 0 Å².